The first-order valence-corrected chi connectivity index (χ1v) is 8.08. The van der Waals surface area contributed by atoms with E-state index in [1.807, 2.05) is 0 Å². The average molecular weight is 402 g/mol. The van der Waals surface area contributed by atoms with E-state index in [1.165, 1.54) is 0 Å². The predicted octanol–water partition coefficient (Wildman–Crippen LogP) is 3.34. The van der Waals surface area contributed by atoms with Crippen LogP contribution in [0.15, 0.2) is 28.9 Å². The summed E-state index contributed by atoms with van der Waals surface area (Å²) in [6.45, 7) is 1.49. The Morgan fingerprint density at radius 1 is 1.41 bits per heavy atom. The van der Waals surface area contributed by atoms with Crippen molar-refractivity contribution in [2.75, 3.05) is 18.0 Å². The molecule has 1 aromatic carbocycles. The Morgan fingerprint density at radius 2 is 2.11 bits per heavy atom. The van der Waals surface area contributed by atoms with Crippen molar-refractivity contribution in [1.29, 1.82) is 0 Å². The Labute approximate surface area is 156 Å². The summed E-state index contributed by atoms with van der Waals surface area (Å²) in [4.78, 5) is 17.9. The molecule has 10 heteroatoms. The Morgan fingerprint density at radius 3 is 2.74 bits per heavy atom. The van der Waals surface area contributed by atoms with Gasteiger partial charge in [-0.2, -0.15) is 13.2 Å². The fourth-order valence-electron chi connectivity index (χ4n) is 2.68. The lowest BCUT2D eigenvalue weighted by molar-refractivity contribution is -0.119. The maximum atomic E-state index is 14.5. The van der Waals surface area contributed by atoms with Crippen molar-refractivity contribution >= 4 is 29.2 Å². The van der Waals surface area contributed by atoms with Gasteiger partial charge in [0.1, 0.15) is 17.3 Å². The summed E-state index contributed by atoms with van der Waals surface area (Å²) >= 11 is 5.93. The lowest BCUT2D eigenvalue weighted by Crippen LogP contribution is -2.51. The van der Waals surface area contributed by atoms with Gasteiger partial charge in [-0.3, -0.25) is 9.79 Å². The minimum atomic E-state index is -4.75. The number of amides is 1. The van der Waals surface area contributed by atoms with Crippen LogP contribution < -0.4 is 9.64 Å². The van der Waals surface area contributed by atoms with E-state index in [-0.39, 0.29) is 35.5 Å². The molecule has 27 heavy (non-hydrogen) atoms. The molecule has 1 amide bonds. The van der Waals surface area contributed by atoms with E-state index in [2.05, 4.69) is 10.9 Å². The van der Waals surface area contributed by atoms with E-state index >= 15 is 0 Å². The summed E-state index contributed by atoms with van der Waals surface area (Å²) < 4.78 is 59.5. The highest BCUT2D eigenvalue weighted by atomic mass is 35.5. The second kappa shape index (κ2) is 6.78. The van der Waals surface area contributed by atoms with Gasteiger partial charge in [-0.1, -0.05) is 17.5 Å². The first kappa shape index (κ1) is 19.0. The van der Waals surface area contributed by atoms with E-state index in [1.54, 1.807) is 6.92 Å². The van der Waals surface area contributed by atoms with Gasteiger partial charge in [-0.05, 0) is 13.0 Å². The van der Waals surface area contributed by atoms with Crippen LogP contribution in [0.1, 0.15) is 6.92 Å². The minimum absolute atomic E-state index is 0.0120. The van der Waals surface area contributed by atoms with Gasteiger partial charge in [-0.25, -0.2) is 9.29 Å². The topological polar surface area (TPSA) is 45.1 Å². The van der Waals surface area contributed by atoms with E-state index in [0.717, 1.165) is 21.9 Å². The maximum absolute atomic E-state index is 14.5. The second-order valence-electron chi connectivity index (χ2n) is 5.70. The molecule has 2 aliphatic rings. The van der Waals surface area contributed by atoms with Crippen LogP contribution in [0.5, 0.6) is 5.75 Å². The lowest BCUT2D eigenvalue weighted by Gasteiger charge is -2.35. The zero-order valence-electron chi connectivity index (χ0n) is 13.8. The standard InChI is InChI=1S/C17H12ClF4N3O2/c1-3-9(2)27-13-7-12(11(19)6-10(13)18)25-15(26)8-14(17(20,21)22)24-5-4-23-16(24)25/h1,6-9H,4-5H2,2H3. The zero-order chi connectivity index (χ0) is 19.9. The smallest absolute Gasteiger partial charge is 0.431 e. The number of allylic oxidation sites excluding steroid dienone is 1. The molecule has 0 spiro atoms. The molecule has 1 aromatic rings. The summed E-state index contributed by atoms with van der Waals surface area (Å²) in [5.74, 6) is -0.0344. The minimum Gasteiger partial charge on any atom is -0.476 e. The molecule has 2 aliphatic heterocycles. The molecule has 0 bridgehead atoms. The normalized spacial score (nSPS) is 17.9. The maximum Gasteiger partial charge on any atom is 0.431 e. The monoisotopic (exact) mass is 401 g/mol. The molecule has 0 fully saturated rings. The Kier molecular flexibility index (Phi) is 4.78. The van der Waals surface area contributed by atoms with Crippen LogP contribution in [0.4, 0.5) is 23.2 Å². The molecule has 5 nitrogen and oxygen atoms in total. The van der Waals surface area contributed by atoms with Gasteiger partial charge in [0.05, 0.1) is 17.3 Å². The highest BCUT2D eigenvalue weighted by Crippen LogP contribution is 2.38. The van der Waals surface area contributed by atoms with Crippen molar-refractivity contribution in [3.63, 3.8) is 0 Å². The van der Waals surface area contributed by atoms with Crippen LogP contribution >= 0.6 is 11.6 Å². The number of hydrogen-bond donors (Lipinski definition) is 0. The van der Waals surface area contributed by atoms with Gasteiger partial charge in [0.25, 0.3) is 5.91 Å². The molecule has 142 valence electrons. The van der Waals surface area contributed by atoms with Crippen LogP contribution in [0.2, 0.25) is 5.02 Å². The molecule has 0 saturated heterocycles. The quantitative estimate of drug-likeness (QED) is 0.576. The highest BCUT2D eigenvalue weighted by Gasteiger charge is 2.47. The number of carbonyl (C=O) groups is 1. The third-order valence-corrected chi connectivity index (χ3v) is 4.16. The van der Waals surface area contributed by atoms with Gasteiger partial charge in [0.15, 0.2) is 6.10 Å². The summed E-state index contributed by atoms with van der Waals surface area (Å²) in [6, 6.07) is 2.00. The number of terminal acetylenes is 1. The number of anilines is 1. The van der Waals surface area contributed by atoms with Crippen molar-refractivity contribution < 1.29 is 27.1 Å². The van der Waals surface area contributed by atoms with E-state index < -0.39 is 29.7 Å². The van der Waals surface area contributed by atoms with Crippen LogP contribution in [0, 0.1) is 18.2 Å². The fourth-order valence-corrected chi connectivity index (χ4v) is 2.87. The number of halogens is 5. The molecule has 0 aliphatic carbocycles. The van der Waals surface area contributed by atoms with Crippen LogP contribution in [0.25, 0.3) is 0 Å². The lowest BCUT2D eigenvalue weighted by atomic mass is 10.2. The fraction of sp³-hybridized carbons (Fsp3) is 0.294. The molecular weight excluding hydrogens is 390 g/mol. The Hall–Kier alpha value is -2.73. The third-order valence-electron chi connectivity index (χ3n) is 3.86. The summed E-state index contributed by atoms with van der Waals surface area (Å²) in [5.41, 5.74) is -1.49. The Bertz CT molecular complexity index is 905. The van der Waals surface area contributed by atoms with Gasteiger partial charge in [-0.15, -0.1) is 6.42 Å². The average Bonchev–Trinajstić information content (AvgIpc) is 3.05. The molecule has 3 rings (SSSR count). The summed E-state index contributed by atoms with van der Waals surface area (Å²) in [6.07, 6.45) is 0.191. The summed E-state index contributed by atoms with van der Waals surface area (Å²) in [7, 11) is 0. The molecular formula is C17H12ClF4N3O2. The number of ether oxygens (including phenoxy) is 1. The number of fused-ring (bicyclic) bond motifs is 1. The molecule has 2 heterocycles. The van der Waals surface area contributed by atoms with Gasteiger partial charge in [0.2, 0.25) is 5.96 Å². The molecule has 1 atom stereocenters. The molecule has 1 unspecified atom stereocenters. The number of guanidine groups is 1. The van der Waals surface area contributed by atoms with Crippen LogP contribution in [-0.4, -0.2) is 42.1 Å². The van der Waals surface area contributed by atoms with E-state index in [4.69, 9.17) is 22.8 Å². The number of benzene rings is 1. The number of rotatable bonds is 3. The van der Waals surface area contributed by atoms with Gasteiger partial charge in [0, 0.05) is 18.7 Å². The SMILES string of the molecule is C#CC(C)Oc1cc(N2C(=O)C=C(C(F)(F)F)N3CCN=C32)c(F)cc1Cl. The van der Waals surface area contributed by atoms with Crippen LogP contribution in [0.3, 0.4) is 0 Å². The third kappa shape index (κ3) is 3.45. The van der Waals surface area contributed by atoms with Crippen molar-refractivity contribution in [2.24, 2.45) is 4.99 Å². The van der Waals surface area contributed by atoms with Crippen LogP contribution in [-0.2, 0) is 4.79 Å². The Balaban J connectivity index is 2.09. The number of aliphatic imine (C=N–C) groups is 1. The van der Waals surface area contributed by atoms with E-state index in [9.17, 15) is 22.4 Å². The number of carbonyl (C=O) groups excluding carboxylic acids is 1. The van der Waals surface area contributed by atoms with E-state index in [0.29, 0.717) is 6.08 Å². The van der Waals surface area contributed by atoms with Crippen molar-refractivity contribution in [1.82, 2.24) is 4.90 Å². The second-order valence-corrected chi connectivity index (χ2v) is 6.10. The largest absolute Gasteiger partial charge is 0.476 e. The van der Waals surface area contributed by atoms with Crippen molar-refractivity contribution in [3.05, 3.63) is 34.7 Å². The van der Waals surface area contributed by atoms with Crippen molar-refractivity contribution in [2.45, 2.75) is 19.2 Å². The van der Waals surface area contributed by atoms with Gasteiger partial charge >= 0.3 is 6.18 Å². The first-order valence-electron chi connectivity index (χ1n) is 7.70. The number of hydrogen-bond acceptors (Lipinski definition) is 4. The number of alkyl halides is 3. The molecule has 0 aromatic heterocycles. The highest BCUT2D eigenvalue weighted by molar-refractivity contribution is 6.32. The summed E-state index contributed by atoms with van der Waals surface area (Å²) in [5, 5.41) is -0.0976. The van der Waals surface area contributed by atoms with Crippen molar-refractivity contribution in [3.8, 4) is 18.1 Å². The number of nitrogens with zero attached hydrogens (tertiary/aromatic N) is 3. The molecule has 0 N–H and O–H groups in total. The zero-order valence-corrected chi connectivity index (χ0v) is 14.6. The predicted molar refractivity (Wildman–Crippen MR) is 91.0 cm³/mol. The van der Waals surface area contributed by atoms with Gasteiger partial charge < -0.3 is 9.64 Å². The first-order chi connectivity index (χ1) is 12.6. The molecule has 0 radical (unpaired) electrons. The molecule has 0 saturated carbocycles.